The number of halogens is 1. The molecule has 2 heterocycles. The van der Waals surface area contributed by atoms with Gasteiger partial charge in [0.1, 0.15) is 5.82 Å². The second-order valence-electron chi connectivity index (χ2n) is 7.93. The van der Waals surface area contributed by atoms with Crippen LogP contribution in [0, 0.1) is 17.1 Å². The Bertz CT molecular complexity index is 1230. The molecule has 0 unspecified atom stereocenters. The summed E-state index contributed by atoms with van der Waals surface area (Å²) in [6.07, 6.45) is 5.66. The van der Waals surface area contributed by atoms with E-state index in [0.717, 1.165) is 30.5 Å². The third-order valence-corrected chi connectivity index (χ3v) is 5.59. The minimum absolute atomic E-state index is 0.0369. The quantitative estimate of drug-likeness (QED) is 0.647. The zero-order valence-electron chi connectivity index (χ0n) is 17.6. The molecule has 1 aliphatic rings. The Labute approximate surface area is 185 Å². The third-order valence-electron chi connectivity index (χ3n) is 5.59. The average Bonchev–Trinajstić information content (AvgIpc) is 2.80. The predicted octanol–water partition coefficient (Wildman–Crippen LogP) is 3.47. The average molecular weight is 429 g/mol. The lowest BCUT2D eigenvalue weighted by Crippen LogP contribution is -2.44. The molecule has 0 spiro atoms. The molecule has 0 amide bonds. The largest absolute Gasteiger partial charge is 0.341 e. The second-order valence-corrected chi connectivity index (χ2v) is 7.93. The molecule has 3 N–H and O–H groups in total. The molecule has 4 rings (SSSR count). The van der Waals surface area contributed by atoms with Crippen LogP contribution in [0.4, 0.5) is 10.3 Å². The Morgan fingerprint density at radius 2 is 2.00 bits per heavy atom. The van der Waals surface area contributed by atoms with E-state index in [2.05, 4.69) is 11.1 Å². The molecule has 2 aromatic carbocycles. The van der Waals surface area contributed by atoms with Crippen molar-refractivity contribution in [1.82, 2.24) is 9.97 Å². The maximum atomic E-state index is 13.2. The highest BCUT2D eigenvalue weighted by Gasteiger charge is 2.21. The number of nitrogens with one attached hydrogen (secondary N) is 1. The van der Waals surface area contributed by atoms with Crippen LogP contribution in [0.3, 0.4) is 0 Å². The summed E-state index contributed by atoms with van der Waals surface area (Å²) >= 11 is 0. The molecular formula is C25H24FN5O. The third kappa shape index (κ3) is 4.93. The first-order valence-corrected chi connectivity index (χ1v) is 10.6. The van der Waals surface area contributed by atoms with Crippen molar-refractivity contribution < 1.29 is 4.39 Å². The first-order chi connectivity index (χ1) is 15.5. The number of aromatic nitrogens is 2. The lowest BCUT2D eigenvalue weighted by molar-refractivity contribution is 0.499. The summed E-state index contributed by atoms with van der Waals surface area (Å²) in [4.78, 5) is 22.8. The zero-order chi connectivity index (χ0) is 22.5. The maximum absolute atomic E-state index is 13.2. The molecule has 1 aliphatic heterocycles. The number of nitrogens with two attached hydrogens (primary N) is 1. The molecule has 0 radical (unpaired) electrons. The Hall–Kier alpha value is -3.76. The van der Waals surface area contributed by atoms with Gasteiger partial charge in [-0.1, -0.05) is 36.4 Å². The van der Waals surface area contributed by atoms with E-state index in [0.29, 0.717) is 35.7 Å². The fourth-order valence-corrected chi connectivity index (χ4v) is 3.89. The molecule has 1 atom stereocenters. The summed E-state index contributed by atoms with van der Waals surface area (Å²) < 4.78 is 13.2. The number of piperidine rings is 1. The van der Waals surface area contributed by atoms with Crippen LogP contribution in [0.5, 0.6) is 0 Å². The summed E-state index contributed by atoms with van der Waals surface area (Å²) in [6.45, 7) is 1.40. The van der Waals surface area contributed by atoms with E-state index in [9.17, 15) is 14.4 Å². The van der Waals surface area contributed by atoms with E-state index in [4.69, 9.17) is 10.7 Å². The molecule has 7 heteroatoms. The van der Waals surface area contributed by atoms with Gasteiger partial charge >= 0.3 is 0 Å². The summed E-state index contributed by atoms with van der Waals surface area (Å²) in [5.74, 6) is 0.174. The van der Waals surface area contributed by atoms with Gasteiger partial charge in [0, 0.05) is 25.6 Å². The fourth-order valence-electron chi connectivity index (χ4n) is 3.89. The van der Waals surface area contributed by atoms with Crippen molar-refractivity contribution in [2.75, 3.05) is 18.0 Å². The normalized spacial score (nSPS) is 16.3. The van der Waals surface area contributed by atoms with E-state index >= 15 is 0 Å². The molecule has 0 aliphatic carbocycles. The first-order valence-electron chi connectivity index (χ1n) is 10.6. The minimum atomic E-state index is -0.320. The van der Waals surface area contributed by atoms with Crippen LogP contribution in [0.2, 0.25) is 0 Å². The SMILES string of the molecule is N#Cc1ccccc1Cc1nc(N2CCC[C@@H](N)C2)[nH]c(=O)c1/C=C/c1ccc(F)cc1. The van der Waals surface area contributed by atoms with E-state index in [-0.39, 0.29) is 17.4 Å². The van der Waals surface area contributed by atoms with Crippen LogP contribution in [0.25, 0.3) is 12.2 Å². The van der Waals surface area contributed by atoms with Gasteiger partial charge in [-0.05, 0) is 48.2 Å². The van der Waals surface area contributed by atoms with Crippen molar-refractivity contribution in [2.24, 2.45) is 5.73 Å². The van der Waals surface area contributed by atoms with Gasteiger partial charge < -0.3 is 10.6 Å². The summed E-state index contributed by atoms with van der Waals surface area (Å²) in [7, 11) is 0. The van der Waals surface area contributed by atoms with Crippen molar-refractivity contribution in [3.05, 3.63) is 92.6 Å². The molecule has 0 bridgehead atoms. The number of hydrogen-bond donors (Lipinski definition) is 2. The first kappa shape index (κ1) is 21.5. The number of nitriles is 1. The number of rotatable bonds is 5. The van der Waals surface area contributed by atoms with Crippen molar-refractivity contribution in [1.29, 1.82) is 5.26 Å². The number of nitrogens with zero attached hydrogens (tertiary/aromatic N) is 3. The van der Waals surface area contributed by atoms with Gasteiger partial charge in [0.2, 0.25) is 5.95 Å². The van der Waals surface area contributed by atoms with Crippen molar-refractivity contribution in [3.8, 4) is 6.07 Å². The number of hydrogen-bond acceptors (Lipinski definition) is 5. The van der Waals surface area contributed by atoms with E-state index in [1.54, 1.807) is 30.4 Å². The zero-order valence-corrected chi connectivity index (χ0v) is 17.6. The van der Waals surface area contributed by atoms with Gasteiger partial charge in [0.05, 0.1) is 22.9 Å². The molecular weight excluding hydrogens is 405 g/mol. The predicted molar refractivity (Wildman–Crippen MR) is 124 cm³/mol. The fraction of sp³-hybridized carbons (Fsp3) is 0.240. The number of aromatic amines is 1. The smallest absolute Gasteiger partial charge is 0.259 e. The molecule has 3 aromatic rings. The number of anilines is 1. The van der Waals surface area contributed by atoms with Gasteiger partial charge in [-0.25, -0.2) is 9.37 Å². The summed E-state index contributed by atoms with van der Waals surface area (Å²) in [5, 5.41) is 9.48. The van der Waals surface area contributed by atoms with Gasteiger partial charge in [-0.3, -0.25) is 9.78 Å². The molecule has 1 saturated heterocycles. The molecule has 162 valence electrons. The summed E-state index contributed by atoms with van der Waals surface area (Å²) in [5.41, 5.74) is 8.94. The molecule has 6 nitrogen and oxygen atoms in total. The topological polar surface area (TPSA) is 98.8 Å². The van der Waals surface area contributed by atoms with Gasteiger partial charge in [-0.2, -0.15) is 5.26 Å². The van der Waals surface area contributed by atoms with Crippen LogP contribution in [0.15, 0.2) is 53.3 Å². The van der Waals surface area contributed by atoms with Crippen LogP contribution in [-0.4, -0.2) is 29.1 Å². The van der Waals surface area contributed by atoms with E-state index < -0.39 is 0 Å². The molecule has 1 fully saturated rings. The highest BCUT2D eigenvalue weighted by molar-refractivity contribution is 5.70. The standard InChI is InChI=1S/C25H24FN5O/c26-20-10-7-17(8-11-20)9-12-22-23(14-18-4-1-2-5-19(18)15-27)29-25(30-24(22)32)31-13-3-6-21(28)16-31/h1-2,4-5,7-12,21H,3,6,13-14,16,28H2,(H,29,30,32)/b12-9+/t21-/m1/s1. The minimum Gasteiger partial charge on any atom is -0.341 e. The van der Waals surface area contributed by atoms with Crippen LogP contribution in [0.1, 0.15) is 40.8 Å². The van der Waals surface area contributed by atoms with E-state index in [1.165, 1.54) is 12.1 Å². The lowest BCUT2D eigenvalue weighted by atomic mass is 10.0. The Morgan fingerprint density at radius 3 is 2.75 bits per heavy atom. The summed E-state index contributed by atoms with van der Waals surface area (Å²) in [6, 6.07) is 15.5. The van der Waals surface area contributed by atoms with Crippen LogP contribution >= 0.6 is 0 Å². The highest BCUT2D eigenvalue weighted by Crippen LogP contribution is 2.20. The maximum Gasteiger partial charge on any atom is 0.259 e. The van der Waals surface area contributed by atoms with Crippen LogP contribution in [-0.2, 0) is 6.42 Å². The van der Waals surface area contributed by atoms with Crippen molar-refractivity contribution in [3.63, 3.8) is 0 Å². The molecule has 1 aromatic heterocycles. The van der Waals surface area contributed by atoms with Crippen molar-refractivity contribution in [2.45, 2.75) is 25.3 Å². The van der Waals surface area contributed by atoms with Crippen molar-refractivity contribution >= 4 is 18.1 Å². The Morgan fingerprint density at radius 1 is 1.22 bits per heavy atom. The monoisotopic (exact) mass is 429 g/mol. The van der Waals surface area contributed by atoms with Crippen LogP contribution < -0.4 is 16.2 Å². The number of H-pyrrole nitrogens is 1. The van der Waals surface area contributed by atoms with Gasteiger partial charge in [0.25, 0.3) is 5.56 Å². The van der Waals surface area contributed by atoms with E-state index in [1.807, 2.05) is 23.1 Å². The Kier molecular flexibility index (Phi) is 6.43. The second kappa shape index (κ2) is 9.58. The molecule has 32 heavy (non-hydrogen) atoms. The lowest BCUT2D eigenvalue weighted by Gasteiger charge is -2.31. The number of benzene rings is 2. The molecule has 0 saturated carbocycles. The Balaban J connectivity index is 1.76. The van der Waals surface area contributed by atoms with Gasteiger partial charge in [0.15, 0.2) is 0 Å². The van der Waals surface area contributed by atoms with Gasteiger partial charge in [-0.15, -0.1) is 0 Å². The highest BCUT2D eigenvalue weighted by atomic mass is 19.1.